The zero-order valence-corrected chi connectivity index (χ0v) is 20.9. The van der Waals surface area contributed by atoms with Gasteiger partial charge in [0.15, 0.2) is 11.5 Å². The van der Waals surface area contributed by atoms with Gasteiger partial charge in [0.25, 0.3) is 5.79 Å². The van der Waals surface area contributed by atoms with Crippen molar-refractivity contribution >= 4 is 0 Å². The van der Waals surface area contributed by atoms with Crippen LogP contribution < -0.4 is 29.1 Å². The minimum absolute atomic E-state index is 0.109. The maximum Gasteiger partial charge on any atom is 0.251 e. The second-order valence-corrected chi connectivity index (χ2v) is 9.50. The summed E-state index contributed by atoms with van der Waals surface area (Å²) in [4.78, 5) is 12.4. The van der Waals surface area contributed by atoms with Crippen LogP contribution in [0.15, 0.2) is 94.3 Å². The van der Waals surface area contributed by atoms with Gasteiger partial charge in [-0.2, -0.15) is 0 Å². The van der Waals surface area contributed by atoms with E-state index < -0.39 is 5.79 Å². The molecule has 1 saturated carbocycles. The van der Waals surface area contributed by atoms with Gasteiger partial charge in [0.1, 0.15) is 42.5 Å². The number of hydrogen-bond donors (Lipinski definition) is 0. The predicted octanol–water partition coefficient (Wildman–Crippen LogP) is 7.02. The Morgan fingerprint density at radius 2 is 1.45 bits per heavy atom. The predicted molar refractivity (Wildman–Crippen MR) is 140 cm³/mol. The molecule has 38 heavy (non-hydrogen) atoms. The van der Waals surface area contributed by atoms with Crippen LogP contribution in [-0.4, -0.2) is 5.79 Å². The van der Waals surface area contributed by atoms with E-state index in [-0.39, 0.29) is 17.8 Å². The minimum atomic E-state index is -0.507. The maximum absolute atomic E-state index is 12.4. The Hall–Kier alpha value is -4.39. The van der Waals surface area contributed by atoms with Gasteiger partial charge in [-0.15, -0.1) is 0 Å². The zero-order chi connectivity index (χ0) is 25.8. The highest BCUT2D eigenvalue weighted by Crippen LogP contribution is 2.47. The molecule has 1 spiro atoms. The van der Waals surface area contributed by atoms with Crippen LogP contribution in [0.3, 0.4) is 0 Å². The smallest absolute Gasteiger partial charge is 0.251 e. The molecule has 0 bridgehead atoms. The third kappa shape index (κ3) is 5.47. The fraction of sp³-hybridized carbons (Fsp3) is 0.258. The Labute approximate surface area is 220 Å². The van der Waals surface area contributed by atoms with E-state index in [4.69, 9.17) is 28.1 Å². The van der Waals surface area contributed by atoms with E-state index in [0.29, 0.717) is 29.6 Å². The third-order valence-corrected chi connectivity index (χ3v) is 6.65. The highest BCUT2D eigenvalue weighted by Gasteiger charge is 2.42. The van der Waals surface area contributed by atoms with E-state index in [2.05, 4.69) is 0 Å². The molecule has 6 rings (SSSR count). The number of fused-ring (bicyclic) bond motifs is 1. The average molecular weight is 513 g/mol. The molecule has 2 aliphatic rings. The van der Waals surface area contributed by atoms with E-state index in [1.54, 1.807) is 12.1 Å². The largest absolute Gasteiger partial charge is 0.486 e. The molecular formula is C31H28O7. The van der Waals surface area contributed by atoms with Crippen LogP contribution in [0, 0.1) is 0 Å². The lowest BCUT2D eigenvalue weighted by molar-refractivity contribution is -0.105. The van der Waals surface area contributed by atoms with Gasteiger partial charge in [0, 0.05) is 25.0 Å². The van der Waals surface area contributed by atoms with Crippen molar-refractivity contribution in [1.29, 1.82) is 0 Å². The van der Waals surface area contributed by atoms with Crippen LogP contribution in [-0.2, 0) is 13.2 Å². The molecule has 3 aromatic carbocycles. The number of ether oxygens (including phenoxy) is 5. The summed E-state index contributed by atoms with van der Waals surface area (Å²) < 4.78 is 35.2. The third-order valence-electron chi connectivity index (χ3n) is 6.65. The van der Waals surface area contributed by atoms with Crippen LogP contribution in [0.1, 0.15) is 43.4 Å². The van der Waals surface area contributed by atoms with Crippen molar-refractivity contribution in [3.63, 3.8) is 0 Å². The Balaban J connectivity index is 1.02. The lowest BCUT2D eigenvalue weighted by Crippen LogP contribution is -2.40. The van der Waals surface area contributed by atoms with Gasteiger partial charge in [-0.1, -0.05) is 36.8 Å². The first-order chi connectivity index (χ1) is 18.6. The van der Waals surface area contributed by atoms with Crippen molar-refractivity contribution in [3.05, 3.63) is 107 Å². The summed E-state index contributed by atoms with van der Waals surface area (Å²) in [5.74, 6) is 3.50. The molecule has 0 atom stereocenters. The first-order valence-electron chi connectivity index (χ1n) is 12.9. The molecule has 1 aliphatic carbocycles. The van der Waals surface area contributed by atoms with E-state index in [1.165, 1.54) is 18.8 Å². The Kier molecular flexibility index (Phi) is 6.65. The van der Waals surface area contributed by atoms with Crippen molar-refractivity contribution in [3.8, 4) is 34.5 Å². The summed E-state index contributed by atoms with van der Waals surface area (Å²) in [6, 6.07) is 23.9. The number of rotatable bonds is 8. The fourth-order valence-electron chi connectivity index (χ4n) is 4.68. The van der Waals surface area contributed by atoms with Crippen LogP contribution in [0.25, 0.3) is 0 Å². The van der Waals surface area contributed by atoms with Crippen LogP contribution in [0.2, 0.25) is 0 Å². The second-order valence-electron chi connectivity index (χ2n) is 9.50. The van der Waals surface area contributed by atoms with E-state index in [1.807, 2.05) is 60.7 Å². The summed E-state index contributed by atoms with van der Waals surface area (Å²) in [6.07, 6.45) is 6.61. The average Bonchev–Trinajstić information content (AvgIpc) is 3.29. The minimum Gasteiger partial charge on any atom is -0.486 e. The standard InChI is InChI=1S/C31H28O7/c32-27-17-26(34-21-30(27)35-19-22-7-3-1-4-8-22)20-33-23-9-11-24(12-10-23)36-25-13-14-28-29(18-25)38-31(37-28)15-5-2-6-16-31/h1,3-4,7-14,17-18,21H,2,5-6,15-16,19-20H2. The fourth-order valence-corrected chi connectivity index (χ4v) is 4.68. The number of hydrogen-bond acceptors (Lipinski definition) is 7. The zero-order valence-electron chi connectivity index (χ0n) is 20.9. The van der Waals surface area contributed by atoms with Crippen molar-refractivity contribution < 1.29 is 28.1 Å². The maximum atomic E-state index is 12.4. The van der Waals surface area contributed by atoms with Crippen LogP contribution in [0.4, 0.5) is 0 Å². The highest BCUT2D eigenvalue weighted by molar-refractivity contribution is 5.49. The van der Waals surface area contributed by atoms with Gasteiger partial charge >= 0.3 is 0 Å². The summed E-state index contributed by atoms with van der Waals surface area (Å²) in [7, 11) is 0. The van der Waals surface area contributed by atoms with E-state index >= 15 is 0 Å². The van der Waals surface area contributed by atoms with Crippen molar-refractivity contribution in [2.75, 3.05) is 0 Å². The van der Waals surface area contributed by atoms with Gasteiger partial charge in [-0.3, -0.25) is 4.79 Å². The first kappa shape index (κ1) is 24.0. The van der Waals surface area contributed by atoms with Crippen LogP contribution >= 0.6 is 0 Å². The lowest BCUT2D eigenvalue weighted by Gasteiger charge is -2.31. The summed E-state index contributed by atoms with van der Waals surface area (Å²) >= 11 is 0. The van der Waals surface area contributed by atoms with Gasteiger partial charge in [-0.05, 0) is 54.8 Å². The molecule has 0 unspecified atom stereocenters. The van der Waals surface area contributed by atoms with Crippen molar-refractivity contribution in [2.24, 2.45) is 0 Å². The van der Waals surface area contributed by atoms with E-state index in [9.17, 15) is 4.79 Å². The molecule has 1 aliphatic heterocycles. The van der Waals surface area contributed by atoms with Gasteiger partial charge in [-0.25, -0.2) is 0 Å². The first-order valence-corrected chi connectivity index (χ1v) is 12.9. The van der Waals surface area contributed by atoms with Crippen LogP contribution in [0.5, 0.6) is 34.5 Å². The van der Waals surface area contributed by atoms with E-state index in [0.717, 1.165) is 42.7 Å². The molecule has 0 saturated heterocycles. The Morgan fingerprint density at radius 1 is 0.711 bits per heavy atom. The monoisotopic (exact) mass is 512 g/mol. The second kappa shape index (κ2) is 10.5. The van der Waals surface area contributed by atoms with Crippen molar-refractivity contribution in [1.82, 2.24) is 0 Å². The van der Waals surface area contributed by atoms with Crippen molar-refractivity contribution in [2.45, 2.75) is 51.1 Å². The molecule has 7 heteroatoms. The Bertz CT molecular complexity index is 1440. The van der Waals surface area contributed by atoms with Gasteiger partial charge in [0.05, 0.1) is 0 Å². The quantitative estimate of drug-likeness (QED) is 0.251. The lowest BCUT2D eigenvalue weighted by atomic mass is 9.94. The molecule has 1 fully saturated rings. The normalized spacial score (nSPS) is 15.3. The molecule has 4 aromatic rings. The molecule has 194 valence electrons. The molecular weight excluding hydrogens is 484 g/mol. The summed E-state index contributed by atoms with van der Waals surface area (Å²) in [5.41, 5.74) is 0.714. The summed E-state index contributed by atoms with van der Waals surface area (Å²) in [6.45, 7) is 0.404. The molecule has 7 nitrogen and oxygen atoms in total. The number of benzene rings is 3. The molecule has 0 N–H and O–H groups in total. The molecule has 0 amide bonds. The van der Waals surface area contributed by atoms with Gasteiger partial charge < -0.3 is 28.1 Å². The SMILES string of the molecule is O=c1cc(COc2ccc(Oc3ccc4c(c3)OC3(CCCCC3)O4)cc2)occ1OCc1ccccc1. The van der Waals surface area contributed by atoms with Gasteiger partial charge in [0.2, 0.25) is 11.2 Å². The topological polar surface area (TPSA) is 76.4 Å². The molecule has 2 heterocycles. The highest BCUT2D eigenvalue weighted by atomic mass is 16.7. The summed E-state index contributed by atoms with van der Waals surface area (Å²) in [5, 5.41) is 0. The molecule has 1 aromatic heterocycles. The Morgan fingerprint density at radius 3 is 2.24 bits per heavy atom. The molecule has 0 radical (unpaired) electrons.